The van der Waals surface area contributed by atoms with Gasteiger partial charge in [0.25, 0.3) is 11.9 Å². The first-order valence-electron chi connectivity index (χ1n) is 9.04. The van der Waals surface area contributed by atoms with E-state index in [0.717, 1.165) is 5.56 Å². The number of halogens is 1. The SMILES string of the molecule is C[C@H](Oc1ccccc1)C(=O)Nc1nc2n(n1)[C@@H](c1ccc(Cl)cc1)CC(=O)N2. The van der Waals surface area contributed by atoms with Gasteiger partial charge in [-0.25, -0.2) is 4.68 Å². The fourth-order valence-electron chi connectivity index (χ4n) is 3.03. The van der Waals surface area contributed by atoms with Gasteiger partial charge in [0, 0.05) is 5.02 Å². The van der Waals surface area contributed by atoms with Crippen molar-refractivity contribution in [2.75, 3.05) is 10.6 Å². The lowest BCUT2D eigenvalue weighted by Crippen LogP contribution is -2.30. The summed E-state index contributed by atoms with van der Waals surface area (Å²) < 4.78 is 7.20. The average Bonchev–Trinajstić information content (AvgIpc) is 3.10. The van der Waals surface area contributed by atoms with E-state index in [2.05, 4.69) is 20.7 Å². The number of aromatic nitrogens is 3. The second-order valence-corrected chi connectivity index (χ2v) is 7.02. The highest BCUT2D eigenvalue weighted by atomic mass is 35.5. The summed E-state index contributed by atoms with van der Waals surface area (Å²) in [6, 6.07) is 15.9. The van der Waals surface area contributed by atoms with E-state index in [-0.39, 0.29) is 30.3 Å². The molecule has 148 valence electrons. The van der Waals surface area contributed by atoms with Crippen LogP contribution in [0.4, 0.5) is 11.9 Å². The van der Waals surface area contributed by atoms with E-state index in [1.165, 1.54) is 0 Å². The van der Waals surface area contributed by atoms with Gasteiger partial charge in [0.05, 0.1) is 12.5 Å². The van der Waals surface area contributed by atoms with E-state index in [0.29, 0.717) is 10.8 Å². The largest absolute Gasteiger partial charge is 0.481 e. The zero-order chi connectivity index (χ0) is 20.4. The molecule has 2 heterocycles. The van der Waals surface area contributed by atoms with Gasteiger partial charge in [-0.15, -0.1) is 5.10 Å². The summed E-state index contributed by atoms with van der Waals surface area (Å²) in [5.74, 6) is 0.375. The molecule has 0 bridgehead atoms. The Bertz CT molecular complexity index is 1040. The molecule has 2 N–H and O–H groups in total. The molecular formula is C20H18ClN5O3. The van der Waals surface area contributed by atoms with Crippen molar-refractivity contribution in [2.24, 2.45) is 0 Å². The normalized spacial score (nSPS) is 16.5. The van der Waals surface area contributed by atoms with E-state index < -0.39 is 12.0 Å². The number of rotatable bonds is 5. The van der Waals surface area contributed by atoms with E-state index in [1.54, 1.807) is 35.9 Å². The van der Waals surface area contributed by atoms with Gasteiger partial charge in [-0.3, -0.25) is 20.2 Å². The third kappa shape index (κ3) is 4.22. The predicted molar refractivity (Wildman–Crippen MR) is 108 cm³/mol. The van der Waals surface area contributed by atoms with Crippen LogP contribution in [0.1, 0.15) is 24.9 Å². The molecule has 4 rings (SSSR count). The average molecular weight is 412 g/mol. The van der Waals surface area contributed by atoms with Crippen LogP contribution in [-0.4, -0.2) is 32.7 Å². The number of hydrogen-bond acceptors (Lipinski definition) is 5. The molecular weight excluding hydrogens is 394 g/mol. The second kappa shape index (κ2) is 7.92. The Kier molecular flexibility index (Phi) is 5.18. The van der Waals surface area contributed by atoms with Crippen LogP contribution in [0, 0.1) is 0 Å². The topological polar surface area (TPSA) is 98.1 Å². The smallest absolute Gasteiger partial charge is 0.267 e. The Morgan fingerprint density at radius 3 is 2.69 bits per heavy atom. The summed E-state index contributed by atoms with van der Waals surface area (Å²) in [6.45, 7) is 1.64. The molecule has 2 atom stereocenters. The van der Waals surface area contributed by atoms with Gasteiger partial charge >= 0.3 is 0 Å². The molecule has 0 spiro atoms. The summed E-state index contributed by atoms with van der Waals surface area (Å²) in [6.07, 6.45) is -0.543. The minimum absolute atomic E-state index is 0.0923. The van der Waals surface area contributed by atoms with Crippen molar-refractivity contribution in [2.45, 2.75) is 25.5 Å². The van der Waals surface area contributed by atoms with Crippen LogP contribution in [0.15, 0.2) is 54.6 Å². The molecule has 3 aromatic rings. The number of hydrogen-bond donors (Lipinski definition) is 2. The molecule has 0 saturated heterocycles. The van der Waals surface area contributed by atoms with Crippen LogP contribution in [0.2, 0.25) is 5.02 Å². The molecule has 8 nitrogen and oxygen atoms in total. The lowest BCUT2D eigenvalue weighted by atomic mass is 10.0. The van der Waals surface area contributed by atoms with Crippen molar-refractivity contribution in [1.82, 2.24) is 14.8 Å². The van der Waals surface area contributed by atoms with Crippen LogP contribution in [-0.2, 0) is 9.59 Å². The summed E-state index contributed by atoms with van der Waals surface area (Å²) in [7, 11) is 0. The van der Waals surface area contributed by atoms with Crippen molar-refractivity contribution in [3.63, 3.8) is 0 Å². The van der Waals surface area contributed by atoms with Crippen LogP contribution in [0.5, 0.6) is 5.75 Å². The van der Waals surface area contributed by atoms with Gasteiger partial charge in [-0.1, -0.05) is 41.9 Å². The van der Waals surface area contributed by atoms with Gasteiger partial charge in [0.15, 0.2) is 6.10 Å². The second-order valence-electron chi connectivity index (χ2n) is 6.59. The summed E-state index contributed by atoms with van der Waals surface area (Å²) >= 11 is 5.96. The molecule has 2 amide bonds. The van der Waals surface area contributed by atoms with Gasteiger partial charge in [0.1, 0.15) is 5.75 Å². The van der Waals surface area contributed by atoms with E-state index >= 15 is 0 Å². The lowest BCUT2D eigenvalue weighted by molar-refractivity contribution is -0.122. The third-order valence-electron chi connectivity index (χ3n) is 4.47. The van der Waals surface area contributed by atoms with Crippen molar-refractivity contribution in [1.29, 1.82) is 0 Å². The Balaban J connectivity index is 1.51. The van der Waals surface area contributed by atoms with Crippen molar-refractivity contribution >= 4 is 35.3 Å². The fraction of sp³-hybridized carbons (Fsp3) is 0.200. The molecule has 1 aliphatic rings. The van der Waals surface area contributed by atoms with Crippen LogP contribution < -0.4 is 15.4 Å². The minimum Gasteiger partial charge on any atom is -0.481 e. The lowest BCUT2D eigenvalue weighted by Gasteiger charge is -2.23. The molecule has 0 unspecified atom stereocenters. The summed E-state index contributed by atoms with van der Waals surface area (Å²) in [4.78, 5) is 28.8. The Morgan fingerprint density at radius 2 is 1.97 bits per heavy atom. The zero-order valence-corrected chi connectivity index (χ0v) is 16.3. The number of benzene rings is 2. The minimum atomic E-state index is -0.750. The molecule has 0 radical (unpaired) electrons. The Hall–Kier alpha value is -3.39. The number of fused-ring (bicyclic) bond motifs is 1. The quantitative estimate of drug-likeness (QED) is 0.671. The number of carbonyl (C=O) groups is 2. The highest BCUT2D eigenvalue weighted by molar-refractivity contribution is 6.30. The Labute approximate surface area is 171 Å². The number of ether oxygens (including phenoxy) is 1. The van der Waals surface area contributed by atoms with Crippen LogP contribution >= 0.6 is 11.6 Å². The van der Waals surface area contributed by atoms with Gasteiger partial charge in [-0.05, 0) is 36.8 Å². The fourth-order valence-corrected chi connectivity index (χ4v) is 3.16. The summed E-state index contributed by atoms with van der Waals surface area (Å²) in [5, 5.41) is 10.3. The maximum absolute atomic E-state index is 12.5. The monoisotopic (exact) mass is 411 g/mol. The molecule has 0 aliphatic carbocycles. The van der Waals surface area contributed by atoms with Crippen molar-refractivity contribution in [3.05, 3.63) is 65.2 Å². The molecule has 1 aliphatic heterocycles. The number of para-hydroxylation sites is 1. The number of nitrogens with one attached hydrogen (secondary N) is 2. The summed E-state index contributed by atoms with van der Waals surface area (Å²) in [5.41, 5.74) is 0.869. The van der Waals surface area contributed by atoms with Crippen LogP contribution in [0.25, 0.3) is 0 Å². The maximum atomic E-state index is 12.5. The standard InChI is InChI=1S/C20H18ClN5O3/c1-12(29-15-5-3-2-4-6-15)18(28)23-19-24-20-22-17(27)11-16(26(20)25-19)13-7-9-14(21)10-8-13/h2-10,12,16H,11H2,1H3,(H2,22,23,24,25,27,28)/t12-,16+/m0/s1. The first-order chi connectivity index (χ1) is 14.0. The molecule has 29 heavy (non-hydrogen) atoms. The van der Waals surface area contributed by atoms with E-state index in [9.17, 15) is 9.59 Å². The first-order valence-corrected chi connectivity index (χ1v) is 9.42. The number of carbonyl (C=O) groups excluding carboxylic acids is 2. The van der Waals surface area contributed by atoms with Crippen molar-refractivity contribution in [3.8, 4) is 5.75 Å². The van der Waals surface area contributed by atoms with Crippen LogP contribution in [0.3, 0.4) is 0 Å². The first kappa shape index (κ1) is 18.9. The molecule has 0 fully saturated rings. The zero-order valence-electron chi connectivity index (χ0n) is 15.5. The maximum Gasteiger partial charge on any atom is 0.267 e. The molecule has 2 aromatic carbocycles. The molecule has 0 saturated carbocycles. The van der Waals surface area contributed by atoms with Gasteiger partial charge < -0.3 is 4.74 Å². The van der Waals surface area contributed by atoms with E-state index in [4.69, 9.17) is 16.3 Å². The van der Waals surface area contributed by atoms with Crippen molar-refractivity contribution < 1.29 is 14.3 Å². The highest BCUT2D eigenvalue weighted by Gasteiger charge is 2.30. The number of amides is 2. The number of anilines is 2. The Morgan fingerprint density at radius 1 is 1.24 bits per heavy atom. The third-order valence-corrected chi connectivity index (χ3v) is 4.72. The highest BCUT2D eigenvalue weighted by Crippen LogP contribution is 2.30. The predicted octanol–water partition coefficient (Wildman–Crippen LogP) is 3.27. The van der Waals surface area contributed by atoms with E-state index in [1.807, 2.05) is 30.3 Å². The number of nitrogens with zero attached hydrogens (tertiary/aromatic N) is 3. The molecule has 9 heteroatoms. The van der Waals surface area contributed by atoms with Gasteiger partial charge in [0.2, 0.25) is 11.9 Å². The van der Waals surface area contributed by atoms with Gasteiger partial charge in [-0.2, -0.15) is 4.98 Å². The molecule has 1 aromatic heterocycles.